The summed E-state index contributed by atoms with van der Waals surface area (Å²) in [6.45, 7) is 0. The summed E-state index contributed by atoms with van der Waals surface area (Å²) in [5.41, 5.74) is -0.422. The zero-order valence-electron chi connectivity index (χ0n) is 6.46. The molecular formula is C8H6F5. The lowest BCUT2D eigenvalue weighted by atomic mass is 10.0. The van der Waals surface area contributed by atoms with Gasteiger partial charge in [-0.15, -0.1) is 0 Å². The predicted molar refractivity (Wildman–Crippen MR) is 36.9 cm³/mol. The summed E-state index contributed by atoms with van der Waals surface area (Å²) >= 11 is 0. The fourth-order valence-corrected chi connectivity index (χ4v) is 0.999. The Balaban J connectivity index is 2.75. The van der Waals surface area contributed by atoms with Crippen molar-refractivity contribution < 1.29 is 22.0 Å². The van der Waals surface area contributed by atoms with Gasteiger partial charge in [0.1, 0.15) is 11.7 Å². The number of hydrogen-bond acceptors (Lipinski definition) is 0. The minimum Gasteiger partial charge on any atom is -0.211 e. The summed E-state index contributed by atoms with van der Waals surface area (Å²) < 4.78 is 60.3. The first-order chi connectivity index (χ1) is 5.88. The molecule has 0 nitrogen and oxygen atoms in total. The molecule has 0 heterocycles. The number of alkyl halides is 3. The van der Waals surface area contributed by atoms with Gasteiger partial charge in [0, 0.05) is 12.5 Å². The van der Waals surface area contributed by atoms with Gasteiger partial charge in [0.05, 0.1) is 6.42 Å². The summed E-state index contributed by atoms with van der Waals surface area (Å²) in [4.78, 5) is 0. The van der Waals surface area contributed by atoms with E-state index in [4.69, 9.17) is 0 Å². The van der Waals surface area contributed by atoms with Gasteiger partial charge in [-0.25, -0.2) is 8.78 Å². The summed E-state index contributed by atoms with van der Waals surface area (Å²) in [5, 5.41) is 0. The first-order valence-electron chi connectivity index (χ1n) is 3.53. The normalized spacial score (nSPS) is 19.0. The fraction of sp³-hybridized carbons (Fsp3) is 0.375. The van der Waals surface area contributed by atoms with E-state index in [0.717, 1.165) is 6.42 Å². The smallest absolute Gasteiger partial charge is 0.211 e. The van der Waals surface area contributed by atoms with Gasteiger partial charge in [-0.05, 0) is 12.0 Å². The lowest BCUT2D eigenvalue weighted by Crippen LogP contribution is -2.10. The predicted octanol–water partition coefficient (Wildman–Crippen LogP) is 3.62. The van der Waals surface area contributed by atoms with Crippen LogP contribution in [0, 0.1) is 6.42 Å². The highest BCUT2D eigenvalue weighted by atomic mass is 19.4. The lowest BCUT2D eigenvalue weighted by Gasteiger charge is -2.13. The average Bonchev–Trinajstić information content (AvgIpc) is 1.93. The zero-order chi connectivity index (χ0) is 10.1. The second-order valence-corrected chi connectivity index (χ2v) is 2.68. The van der Waals surface area contributed by atoms with E-state index in [9.17, 15) is 22.0 Å². The molecule has 0 atom stereocenters. The molecule has 0 aromatic heterocycles. The van der Waals surface area contributed by atoms with Crippen molar-refractivity contribution in [3.05, 3.63) is 29.7 Å². The van der Waals surface area contributed by atoms with Crippen LogP contribution in [0.2, 0.25) is 0 Å². The van der Waals surface area contributed by atoms with Gasteiger partial charge in [-0.1, -0.05) is 0 Å². The molecule has 0 N–H and O–H groups in total. The largest absolute Gasteiger partial charge is 0.392 e. The van der Waals surface area contributed by atoms with Gasteiger partial charge < -0.3 is 0 Å². The van der Waals surface area contributed by atoms with Crippen molar-refractivity contribution in [2.24, 2.45) is 0 Å². The Bertz CT molecular complexity index is 258. The van der Waals surface area contributed by atoms with Gasteiger partial charge in [-0.3, -0.25) is 0 Å². The molecule has 1 aliphatic rings. The van der Waals surface area contributed by atoms with Crippen LogP contribution in [0.4, 0.5) is 22.0 Å². The van der Waals surface area contributed by atoms with Gasteiger partial charge in [-0.2, -0.15) is 13.2 Å². The van der Waals surface area contributed by atoms with Crippen molar-refractivity contribution in [1.29, 1.82) is 0 Å². The molecule has 0 bridgehead atoms. The molecule has 0 unspecified atom stereocenters. The fourth-order valence-electron chi connectivity index (χ4n) is 0.999. The third kappa shape index (κ3) is 3.16. The number of allylic oxidation sites excluding steroid dienone is 4. The van der Waals surface area contributed by atoms with Gasteiger partial charge >= 0.3 is 6.18 Å². The molecular weight excluding hydrogens is 191 g/mol. The Morgan fingerprint density at radius 1 is 1.23 bits per heavy atom. The van der Waals surface area contributed by atoms with Gasteiger partial charge in [0.15, 0.2) is 0 Å². The number of rotatable bonds is 1. The van der Waals surface area contributed by atoms with E-state index >= 15 is 0 Å². The molecule has 0 aliphatic heterocycles. The van der Waals surface area contributed by atoms with E-state index < -0.39 is 29.8 Å². The van der Waals surface area contributed by atoms with Crippen LogP contribution in [0.3, 0.4) is 0 Å². The summed E-state index contributed by atoms with van der Waals surface area (Å²) in [5.74, 6) is -1.94. The molecule has 0 aromatic rings. The van der Waals surface area contributed by atoms with Crippen LogP contribution >= 0.6 is 0 Å². The third-order valence-electron chi connectivity index (χ3n) is 1.56. The van der Waals surface area contributed by atoms with Crippen molar-refractivity contribution in [3.8, 4) is 0 Å². The SMILES string of the molecule is FC1=CC(F)=C(CC(F)(F)F)C[CH]1. The highest BCUT2D eigenvalue weighted by Gasteiger charge is 2.31. The summed E-state index contributed by atoms with van der Waals surface area (Å²) in [6, 6.07) is 0. The molecule has 1 rings (SSSR count). The average molecular weight is 197 g/mol. The van der Waals surface area contributed by atoms with Crippen LogP contribution in [0.25, 0.3) is 0 Å². The molecule has 0 aromatic carbocycles. The van der Waals surface area contributed by atoms with Crippen LogP contribution in [0.15, 0.2) is 23.3 Å². The van der Waals surface area contributed by atoms with Crippen LogP contribution in [-0.2, 0) is 0 Å². The van der Waals surface area contributed by atoms with Crippen LogP contribution in [-0.4, -0.2) is 6.18 Å². The monoisotopic (exact) mass is 197 g/mol. The lowest BCUT2D eigenvalue weighted by molar-refractivity contribution is -0.127. The maximum Gasteiger partial charge on any atom is 0.392 e. The van der Waals surface area contributed by atoms with E-state index in [1.165, 1.54) is 0 Å². The van der Waals surface area contributed by atoms with Crippen molar-refractivity contribution in [2.75, 3.05) is 0 Å². The van der Waals surface area contributed by atoms with Crippen molar-refractivity contribution in [1.82, 2.24) is 0 Å². The molecule has 0 spiro atoms. The first-order valence-corrected chi connectivity index (χ1v) is 3.53. The van der Waals surface area contributed by atoms with Crippen molar-refractivity contribution >= 4 is 0 Å². The molecule has 0 amide bonds. The highest BCUT2D eigenvalue weighted by molar-refractivity contribution is 5.32. The molecule has 1 aliphatic carbocycles. The quantitative estimate of drug-likeness (QED) is 0.563. The number of hydrogen-bond donors (Lipinski definition) is 0. The van der Waals surface area contributed by atoms with Gasteiger partial charge in [0.2, 0.25) is 0 Å². The minimum absolute atomic E-state index is 0.312. The molecule has 0 fully saturated rings. The summed E-state index contributed by atoms with van der Waals surface area (Å²) in [6.07, 6.45) is -4.69. The third-order valence-corrected chi connectivity index (χ3v) is 1.56. The maximum absolute atomic E-state index is 12.7. The molecule has 0 saturated carbocycles. The topological polar surface area (TPSA) is 0 Å². The van der Waals surface area contributed by atoms with Crippen LogP contribution in [0.1, 0.15) is 12.8 Å². The maximum atomic E-state index is 12.7. The molecule has 73 valence electrons. The van der Waals surface area contributed by atoms with E-state index in [-0.39, 0.29) is 6.42 Å². The number of halogens is 5. The molecule has 0 saturated heterocycles. The van der Waals surface area contributed by atoms with E-state index in [0.29, 0.717) is 6.08 Å². The Kier molecular flexibility index (Phi) is 2.73. The van der Waals surface area contributed by atoms with Crippen molar-refractivity contribution in [2.45, 2.75) is 19.0 Å². The standard InChI is InChI=1S/C8H6F5/c9-6-2-1-5(7(10)3-6)4-8(11,12)13/h2-3H,1,4H2. The van der Waals surface area contributed by atoms with E-state index in [1.54, 1.807) is 0 Å². The Morgan fingerprint density at radius 3 is 2.31 bits per heavy atom. The first kappa shape index (κ1) is 10.2. The Labute approximate surface area is 71.7 Å². The van der Waals surface area contributed by atoms with Crippen molar-refractivity contribution in [3.63, 3.8) is 0 Å². The molecule has 1 radical (unpaired) electrons. The van der Waals surface area contributed by atoms with E-state index in [2.05, 4.69) is 0 Å². The Morgan fingerprint density at radius 2 is 1.85 bits per heavy atom. The second kappa shape index (κ2) is 3.47. The van der Waals surface area contributed by atoms with E-state index in [1.807, 2.05) is 0 Å². The highest BCUT2D eigenvalue weighted by Crippen LogP contribution is 2.33. The molecule has 5 heteroatoms. The zero-order valence-corrected chi connectivity index (χ0v) is 6.46. The summed E-state index contributed by atoms with van der Waals surface area (Å²) in [7, 11) is 0. The minimum atomic E-state index is -4.44. The Hall–Kier alpha value is -0.870. The van der Waals surface area contributed by atoms with Gasteiger partial charge in [0.25, 0.3) is 0 Å². The second-order valence-electron chi connectivity index (χ2n) is 2.68. The molecule has 13 heavy (non-hydrogen) atoms. The van der Waals surface area contributed by atoms with Crippen LogP contribution < -0.4 is 0 Å². The van der Waals surface area contributed by atoms with Crippen LogP contribution in [0.5, 0.6) is 0 Å².